The van der Waals surface area contributed by atoms with Gasteiger partial charge in [0.2, 0.25) is 0 Å². The van der Waals surface area contributed by atoms with Crippen molar-refractivity contribution in [2.75, 3.05) is 42.9 Å². The number of benzene rings is 2. The first-order chi connectivity index (χ1) is 13.2. The normalized spacial score (nSPS) is 17.0. The van der Waals surface area contributed by atoms with Gasteiger partial charge in [-0.3, -0.25) is 9.89 Å². The van der Waals surface area contributed by atoms with Crippen molar-refractivity contribution in [2.45, 2.75) is 26.3 Å². The molecule has 5 nitrogen and oxygen atoms in total. The van der Waals surface area contributed by atoms with Gasteiger partial charge in [-0.25, -0.2) is 0 Å². The standard InChI is InChI=1S/C22H31N5/c1-3-19-9-11-20(12-10-19)25-22(23)24-17-18(2)26-13-15-27(16-14-26)21-7-5-4-6-8-21/h4-12,18H,3,13-17H2,1-2H3,(H3,23,24,25). The van der Waals surface area contributed by atoms with Crippen LogP contribution in [0.5, 0.6) is 0 Å². The highest BCUT2D eigenvalue weighted by molar-refractivity contribution is 5.92. The van der Waals surface area contributed by atoms with Crippen molar-refractivity contribution in [1.29, 1.82) is 0 Å². The van der Waals surface area contributed by atoms with E-state index in [1.165, 1.54) is 11.3 Å². The van der Waals surface area contributed by atoms with E-state index in [4.69, 9.17) is 5.73 Å². The van der Waals surface area contributed by atoms with E-state index < -0.39 is 0 Å². The van der Waals surface area contributed by atoms with Gasteiger partial charge >= 0.3 is 0 Å². The third-order valence-corrected chi connectivity index (χ3v) is 5.22. The first kappa shape index (κ1) is 19.2. The molecule has 1 fully saturated rings. The first-order valence-corrected chi connectivity index (χ1v) is 9.85. The number of aryl methyl sites for hydroxylation is 1. The fourth-order valence-electron chi connectivity index (χ4n) is 3.42. The van der Waals surface area contributed by atoms with E-state index in [0.717, 1.165) is 38.3 Å². The molecule has 1 aliphatic rings. The second kappa shape index (κ2) is 9.42. The minimum atomic E-state index is 0.380. The zero-order valence-electron chi connectivity index (χ0n) is 16.4. The van der Waals surface area contributed by atoms with Crippen LogP contribution in [0.3, 0.4) is 0 Å². The Morgan fingerprint density at radius 3 is 2.33 bits per heavy atom. The predicted octanol–water partition coefficient (Wildman–Crippen LogP) is 3.19. The summed E-state index contributed by atoms with van der Waals surface area (Å²) in [6.45, 7) is 9.29. The summed E-state index contributed by atoms with van der Waals surface area (Å²) in [5.74, 6) is 0.481. The maximum Gasteiger partial charge on any atom is 0.193 e. The van der Waals surface area contributed by atoms with Crippen molar-refractivity contribution in [3.63, 3.8) is 0 Å². The molecule has 5 heteroatoms. The molecule has 2 aromatic rings. The smallest absolute Gasteiger partial charge is 0.193 e. The molecule has 0 amide bonds. The molecule has 3 N–H and O–H groups in total. The Morgan fingerprint density at radius 1 is 1.04 bits per heavy atom. The number of nitrogens with zero attached hydrogens (tertiary/aromatic N) is 3. The molecular weight excluding hydrogens is 334 g/mol. The second-order valence-electron chi connectivity index (χ2n) is 7.11. The third-order valence-electron chi connectivity index (χ3n) is 5.22. The Bertz CT molecular complexity index is 718. The van der Waals surface area contributed by atoms with Crippen LogP contribution in [-0.2, 0) is 6.42 Å². The summed E-state index contributed by atoms with van der Waals surface area (Å²) in [5.41, 5.74) is 9.68. The fourth-order valence-corrected chi connectivity index (χ4v) is 3.42. The molecular formula is C22H31N5. The Labute approximate surface area is 162 Å². The molecule has 0 saturated carbocycles. The van der Waals surface area contributed by atoms with Crippen molar-refractivity contribution < 1.29 is 0 Å². The van der Waals surface area contributed by atoms with Crippen molar-refractivity contribution in [2.24, 2.45) is 10.7 Å². The molecule has 144 valence electrons. The minimum absolute atomic E-state index is 0.380. The number of guanidine groups is 1. The molecule has 2 aromatic carbocycles. The molecule has 1 aliphatic heterocycles. The number of hydrogen-bond acceptors (Lipinski definition) is 3. The van der Waals surface area contributed by atoms with E-state index in [1.807, 2.05) is 12.1 Å². The SMILES string of the molecule is CCc1ccc(NC(N)=NCC(C)N2CCN(c3ccccc3)CC2)cc1. The summed E-state index contributed by atoms with van der Waals surface area (Å²) >= 11 is 0. The summed E-state index contributed by atoms with van der Waals surface area (Å²) in [7, 11) is 0. The van der Waals surface area contributed by atoms with Gasteiger partial charge in [0.1, 0.15) is 0 Å². The van der Waals surface area contributed by atoms with Gasteiger partial charge in [0.15, 0.2) is 5.96 Å². The van der Waals surface area contributed by atoms with Crippen molar-refractivity contribution >= 4 is 17.3 Å². The minimum Gasteiger partial charge on any atom is -0.370 e. The van der Waals surface area contributed by atoms with Crippen LogP contribution < -0.4 is 16.0 Å². The topological polar surface area (TPSA) is 56.9 Å². The zero-order valence-corrected chi connectivity index (χ0v) is 16.4. The Balaban J connectivity index is 1.45. The maximum atomic E-state index is 6.06. The number of aliphatic imine (C=N–C) groups is 1. The number of anilines is 2. The molecule has 1 unspecified atom stereocenters. The lowest BCUT2D eigenvalue weighted by molar-refractivity contribution is 0.201. The number of piperazine rings is 1. The van der Waals surface area contributed by atoms with Crippen LogP contribution in [-0.4, -0.2) is 49.6 Å². The Kier molecular flexibility index (Phi) is 6.71. The van der Waals surface area contributed by atoms with Gasteiger partial charge in [-0.15, -0.1) is 0 Å². The average Bonchev–Trinajstić information content (AvgIpc) is 2.73. The van der Waals surface area contributed by atoms with Gasteiger partial charge in [0, 0.05) is 43.6 Å². The maximum absolute atomic E-state index is 6.06. The molecule has 0 spiro atoms. The quantitative estimate of drug-likeness (QED) is 0.610. The Hall–Kier alpha value is -2.53. The van der Waals surface area contributed by atoms with E-state index in [0.29, 0.717) is 18.5 Å². The summed E-state index contributed by atoms with van der Waals surface area (Å²) in [5, 5.41) is 3.18. The van der Waals surface area contributed by atoms with E-state index in [-0.39, 0.29) is 0 Å². The van der Waals surface area contributed by atoms with Crippen LogP contribution in [0.25, 0.3) is 0 Å². The summed E-state index contributed by atoms with van der Waals surface area (Å²) in [6, 6.07) is 19.3. The molecule has 0 radical (unpaired) electrons. The fraction of sp³-hybridized carbons (Fsp3) is 0.409. The van der Waals surface area contributed by atoms with Crippen LogP contribution >= 0.6 is 0 Å². The summed E-state index contributed by atoms with van der Waals surface area (Å²) in [4.78, 5) is 9.48. The highest BCUT2D eigenvalue weighted by atomic mass is 15.3. The van der Waals surface area contributed by atoms with Gasteiger partial charge in [-0.1, -0.05) is 37.3 Å². The zero-order chi connectivity index (χ0) is 19.1. The van der Waals surface area contributed by atoms with Gasteiger partial charge in [0.05, 0.1) is 6.54 Å². The largest absolute Gasteiger partial charge is 0.370 e. The van der Waals surface area contributed by atoms with Gasteiger partial charge < -0.3 is 16.0 Å². The molecule has 1 heterocycles. The van der Waals surface area contributed by atoms with Crippen LogP contribution in [0.2, 0.25) is 0 Å². The Morgan fingerprint density at radius 2 is 1.70 bits per heavy atom. The van der Waals surface area contributed by atoms with E-state index >= 15 is 0 Å². The van der Waals surface area contributed by atoms with Crippen LogP contribution in [0.1, 0.15) is 19.4 Å². The monoisotopic (exact) mass is 365 g/mol. The molecule has 0 bridgehead atoms. The van der Waals surface area contributed by atoms with Crippen LogP contribution in [0.15, 0.2) is 59.6 Å². The highest BCUT2D eigenvalue weighted by Crippen LogP contribution is 2.16. The predicted molar refractivity (Wildman–Crippen MR) is 116 cm³/mol. The lowest BCUT2D eigenvalue weighted by atomic mass is 10.1. The number of para-hydroxylation sites is 1. The summed E-state index contributed by atoms with van der Waals surface area (Å²) < 4.78 is 0. The molecule has 0 aromatic heterocycles. The number of rotatable bonds is 6. The van der Waals surface area contributed by atoms with Crippen molar-refractivity contribution in [3.05, 3.63) is 60.2 Å². The van der Waals surface area contributed by atoms with Gasteiger partial charge in [-0.2, -0.15) is 0 Å². The van der Waals surface area contributed by atoms with Crippen LogP contribution in [0, 0.1) is 0 Å². The van der Waals surface area contributed by atoms with E-state index in [9.17, 15) is 0 Å². The first-order valence-electron chi connectivity index (χ1n) is 9.85. The molecule has 0 aliphatic carbocycles. The van der Waals surface area contributed by atoms with Crippen LogP contribution in [0.4, 0.5) is 11.4 Å². The molecule has 1 atom stereocenters. The van der Waals surface area contributed by atoms with Gasteiger partial charge in [-0.05, 0) is 43.2 Å². The van der Waals surface area contributed by atoms with E-state index in [2.05, 4.69) is 76.4 Å². The average molecular weight is 366 g/mol. The highest BCUT2D eigenvalue weighted by Gasteiger charge is 2.20. The third kappa shape index (κ3) is 5.47. The second-order valence-corrected chi connectivity index (χ2v) is 7.11. The molecule has 27 heavy (non-hydrogen) atoms. The van der Waals surface area contributed by atoms with Crippen molar-refractivity contribution in [1.82, 2.24) is 4.90 Å². The number of hydrogen-bond donors (Lipinski definition) is 2. The van der Waals surface area contributed by atoms with E-state index in [1.54, 1.807) is 0 Å². The number of nitrogens with one attached hydrogen (secondary N) is 1. The number of nitrogens with two attached hydrogens (primary N) is 1. The molecule has 3 rings (SSSR count). The lowest BCUT2D eigenvalue weighted by Crippen LogP contribution is -2.50. The molecule has 1 saturated heterocycles. The van der Waals surface area contributed by atoms with Gasteiger partial charge in [0.25, 0.3) is 0 Å². The lowest BCUT2D eigenvalue weighted by Gasteiger charge is -2.38. The van der Waals surface area contributed by atoms with Crippen molar-refractivity contribution in [3.8, 4) is 0 Å². The summed E-state index contributed by atoms with van der Waals surface area (Å²) in [6.07, 6.45) is 1.04.